The van der Waals surface area contributed by atoms with Gasteiger partial charge in [0, 0.05) is 24.4 Å². The lowest BCUT2D eigenvalue weighted by atomic mass is 10.2. The number of hydrogen-bond acceptors (Lipinski definition) is 7. The number of nitrogens with one attached hydrogen (secondary N) is 1. The van der Waals surface area contributed by atoms with E-state index in [-0.39, 0.29) is 10.1 Å². The van der Waals surface area contributed by atoms with Crippen molar-refractivity contribution in [2.24, 2.45) is 0 Å². The van der Waals surface area contributed by atoms with Crippen molar-refractivity contribution in [1.82, 2.24) is 9.46 Å². The highest BCUT2D eigenvalue weighted by atomic mass is 32.2. The highest BCUT2D eigenvalue weighted by molar-refractivity contribution is 7.91. The third-order valence-corrected chi connectivity index (χ3v) is 7.46. The molecule has 1 aliphatic rings. The van der Waals surface area contributed by atoms with Crippen LogP contribution in [0.5, 0.6) is 0 Å². The van der Waals surface area contributed by atoms with Crippen molar-refractivity contribution >= 4 is 45.1 Å². The van der Waals surface area contributed by atoms with Gasteiger partial charge < -0.3 is 14.6 Å². The average Bonchev–Trinajstić information content (AvgIpc) is 3.29. The summed E-state index contributed by atoms with van der Waals surface area (Å²) in [6, 6.07) is 3.34. The molecule has 0 atom stereocenters. The minimum absolute atomic E-state index is 0.133. The number of sulfonamides is 1. The first-order valence-corrected chi connectivity index (χ1v) is 10.8. The predicted octanol–water partition coefficient (Wildman–Crippen LogP) is 2.58. The zero-order chi connectivity index (χ0) is 19.4. The summed E-state index contributed by atoms with van der Waals surface area (Å²) in [5.41, 5.74) is 1.11. The Morgan fingerprint density at radius 3 is 2.78 bits per heavy atom. The summed E-state index contributed by atoms with van der Waals surface area (Å²) >= 11 is 1.18. The van der Waals surface area contributed by atoms with E-state index in [9.17, 15) is 13.2 Å². The zero-order valence-corrected chi connectivity index (χ0v) is 16.7. The van der Waals surface area contributed by atoms with Crippen molar-refractivity contribution in [3.05, 3.63) is 28.5 Å². The lowest BCUT2D eigenvalue weighted by molar-refractivity contribution is -0.115. The number of anilines is 1. The average molecular weight is 412 g/mol. The number of aryl methyl sites for hydroxylation is 1. The fraction of sp³-hybridized carbons (Fsp3) is 0.412. The van der Waals surface area contributed by atoms with E-state index in [2.05, 4.69) is 10.5 Å². The van der Waals surface area contributed by atoms with Crippen molar-refractivity contribution in [2.45, 2.75) is 24.5 Å². The van der Waals surface area contributed by atoms with Gasteiger partial charge in [-0.3, -0.25) is 4.79 Å². The predicted molar refractivity (Wildman–Crippen MR) is 103 cm³/mol. The molecule has 146 valence electrons. The van der Waals surface area contributed by atoms with Crippen molar-refractivity contribution in [2.75, 3.05) is 31.6 Å². The van der Waals surface area contributed by atoms with Crippen molar-refractivity contribution in [3.63, 3.8) is 0 Å². The Kier molecular flexibility index (Phi) is 6.10. The van der Waals surface area contributed by atoms with Crippen LogP contribution in [-0.4, -0.2) is 50.1 Å². The highest BCUT2D eigenvalue weighted by Crippen LogP contribution is 2.28. The van der Waals surface area contributed by atoms with Crippen LogP contribution in [0.25, 0.3) is 12.2 Å². The van der Waals surface area contributed by atoms with Crippen LogP contribution in [0.3, 0.4) is 0 Å². The van der Waals surface area contributed by atoms with E-state index in [1.807, 2.05) is 0 Å². The monoisotopic (exact) mass is 411 g/mol. The third kappa shape index (κ3) is 4.46. The first-order chi connectivity index (χ1) is 12.9. The van der Waals surface area contributed by atoms with Crippen LogP contribution >= 0.6 is 11.3 Å². The minimum atomic E-state index is -3.50. The molecule has 2 aromatic heterocycles. The van der Waals surface area contributed by atoms with Crippen LogP contribution in [0.2, 0.25) is 0 Å². The van der Waals surface area contributed by atoms with E-state index in [1.54, 1.807) is 38.1 Å². The van der Waals surface area contributed by atoms with Gasteiger partial charge in [-0.15, -0.1) is 11.3 Å². The Morgan fingerprint density at radius 2 is 2.07 bits per heavy atom. The van der Waals surface area contributed by atoms with Gasteiger partial charge in [-0.05, 0) is 31.2 Å². The first kappa shape index (κ1) is 19.7. The van der Waals surface area contributed by atoms with Crippen molar-refractivity contribution in [1.29, 1.82) is 0 Å². The highest BCUT2D eigenvalue weighted by Gasteiger charge is 2.27. The first-order valence-electron chi connectivity index (χ1n) is 8.53. The molecule has 0 bridgehead atoms. The standard InChI is InChI=1S/C17H21N3O5S2/c1-3-15(21)18-17-12(2)19-25-14(17)6-4-13-5-7-16(26-13)27(22,23)20-8-10-24-11-9-20/h4-7H,3,8-11H2,1-2H3,(H,18,21)/b6-4+. The van der Waals surface area contributed by atoms with E-state index in [4.69, 9.17) is 9.26 Å². The van der Waals surface area contributed by atoms with Gasteiger partial charge in [0.2, 0.25) is 5.91 Å². The number of nitrogens with zero attached hydrogens (tertiary/aromatic N) is 2. The number of carbonyl (C=O) groups excluding carboxylic acids is 1. The number of thiophene rings is 1. The van der Waals surface area contributed by atoms with Crippen LogP contribution in [0.15, 0.2) is 20.9 Å². The van der Waals surface area contributed by atoms with Crippen molar-refractivity contribution < 1.29 is 22.5 Å². The van der Waals surface area contributed by atoms with Crippen LogP contribution in [0.1, 0.15) is 29.7 Å². The molecule has 2 aromatic rings. The maximum atomic E-state index is 12.7. The molecule has 10 heteroatoms. The van der Waals surface area contributed by atoms with Gasteiger partial charge in [0.1, 0.15) is 15.6 Å². The number of amides is 1. The van der Waals surface area contributed by atoms with Gasteiger partial charge in [-0.1, -0.05) is 12.1 Å². The topological polar surface area (TPSA) is 102 Å². The Labute approximate surface area is 161 Å². The summed E-state index contributed by atoms with van der Waals surface area (Å²) in [5.74, 6) is 0.284. The van der Waals surface area contributed by atoms with Crippen LogP contribution in [-0.2, 0) is 19.6 Å². The molecule has 27 heavy (non-hydrogen) atoms. The van der Waals surface area contributed by atoms with Gasteiger partial charge in [-0.2, -0.15) is 4.31 Å². The summed E-state index contributed by atoms with van der Waals surface area (Å²) in [6.45, 7) is 5.05. The Bertz CT molecular complexity index is 940. The minimum Gasteiger partial charge on any atom is -0.379 e. The van der Waals surface area contributed by atoms with Gasteiger partial charge in [-0.25, -0.2) is 8.42 Å². The number of carbonyl (C=O) groups is 1. The van der Waals surface area contributed by atoms with Gasteiger partial charge in [0.05, 0.1) is 13.2 Å². The second-order valence-electron chi connectivity index (χ2n) is 5.92. The molecule has 0 aromatic carbocycles. The molecule has 1 N–H and O–H groups in total. The zero-order valence-electron chi connectivity index (χ0n) is 15.1. The number of aromatic nitrogens is 1. The Morgan fingerprint density at radius 1 is 1.33 bits per heavy atom. The molecule has 8 nitrogen and oxygen atoms in total. The number of rotatable bonds is 6. The van der Waals surface area contributed by atoms with Crippen LogP contribution < -0.4 is 5.32 Å². The van der Waals surface area contributed by atoms with Crippen LogP contribution in [0, 0.1) is 6.92 Å². The second kappa shape index (κ2) is 8.34. The maximum Gasteiger partial charge on any atom is 0.252 e. The van der Waals surface area contributed by atoms with Crippen molar-refractivity contribution in [3.8, 4) is 0 Å². The van der Waals surface area contributed by atoms with E-state index < -0.39 is 10.0 Å². The molecule has 0 aliphatic carbocycles. The van der Waals surface area contributed by atoms with Crippen LogP contribution in [0.4, 0.5) is 5.69 Å². The third-order valence-electron chi connectivity index (χ3n) is 4.04. The molecule has 3 heterocycles. The summed E-state index contributed by atoms with van der Waals surface area (Å²) in [6.07, 6.45) is 3.76. The van der Waals surface area contributed by atoms with E-state index in [1.165, 1.54) is 15.6 Å². The molecular formula is C17H21N3O5S2. The molecule has 1 saturated heterocycles. The van der Waals surface area contributed by atoms with Gasteiger partial charge in [0.15, 0.2) is 5.76 Å². The maximum absolute atomic E-state index is 12.7. The van der Waals surface area contributed by atoms with E-state index in [0.717, 1.165) is 4.88 Å². The molecule has 1 fully saturated rings. The Hall–Kier alpha value is -2.01. The molecule has 0 saturated carbocycles. The number of hydrogen-bond donors (Lipinski definition) is 1. The fourth-order valence-electron chi connectivity index (χ4n) is 2.52. The molecular weight excluding hydrogens is 390 g/mol. The van der Waals surface area contributed by atoms with Gasteiger partial charge >= 0.3 is 0 Å². The molecule has 1 aliphatic heterocycles. The molecule has 0 spiro atoms. The smallest absolute Gasteiger partial charge is 0.252 e. The largest absolute Gasteiger partial charge is 0.379 e. The number of morpholine rings is 1. The summed E-state index contributed by atoms with van der Waals surface area (Å²) in [5, 5.41) is 6.63. The number of ether oxygens (including phenoxy) is 1. The van der Waals surface area contributed by atoms with Gasteiger partial charge in [0.25, 0.3) is 10.0 Å². The molecule has 0 radical (unpaired) electrons. The van der Waals surface area contributed by atoms with E-state index in [0.29, 0.717) is 49.9 Å². The summed E-state index contributed by atoms with van der Waals surface area (Å²) in [7, 11) is -3.50. The second-order valence-corrected chi connectivity index (χ2v) is 9.20. The lowest BCUT2D eigenvalue weighted by Crippen LogP contribution is -2.40. The molecule has 1 amide bonds. The molecule has 0 unspecified atom stereocenters. The SMILES string of the molecule is CCC(=O)Nc1c(C)noc1/C=C/c1ccc(S(=O)(=O)N2CCOCC2)s1. The molecule has 3 rings (SSSR count). The summed E-state index contributed by atoms with van der Waals surface area (Å²) < 4.78 is 37.5. The Balaban J connectivity index is 1.77. The van der Waals surface area contributed by atoms with E-state index >= 15 is 0 Å². The fourth-order valence-corrected chi connectivity index (χ4v) is 5.31. The normalized spacial score (nSPS) is 16.1. The summed E-state index contributed by atoms with van der Waals surface area (Å²) in [4.78, 5) is 12.4. The quantitative estimate of drug-likeness (QED) is 0.784. The lowest BCUT2D eigenvalue weighted by Gasteiger charge is -2.25.